The first-order chi connectivity index (χ1) is 12.7. The number of amides is 1. The second-order valence-electron chi connectivity index (χ2n) is 5.94. The second-order valence-corrected chi connectivity index (χ2v) is 6.47. The molecule has 0 saturated carbocycles. The van der Waals surface area contributed by atoms with Crippen LogP contribution in [0.1, 0.15) is 17.8 Å². The molecule has 132 valence electrons. The number of nitrogens with one attached hydrogen (secondary N) is 1. The molecular weight excluding hydrogens is 350 g/mol. The Morgan fingerprint density at radius 2 is 1.96 bits per heavy atom. The molecular formula is C18H17N5O2S. The number of imidazole rings is 1. The van der Waals surface area contributed by atoms with Gasteiger partial charge in [-0.05, 0) is 29.8 Å². The molecule has 0 fully saturated rings. The minimum absolute atomic E-state index is 0.0526. The van der Waals surface area contributed by atoms with Gasteiger partial charge >= 0.3 is 0 Å². The smallest absolute Gasteiger partial charge is 0.222 e. The van der Waals surface area contributed by atoms with Crippen molar-refractivity contribution in [3.63, 3.8) is 0 Å². The van der Waals surface area contributed by atoms with Crippen molar-refractivity contribution in [1.29, 1.82) is 0 Å². The third-order valence-electron chi connectivity index (χ3n) is 4.25. The fourth-order valence-electron chi connectivity index (χ4n) is 2.94. The van der Waals surface area contributed by atoms with Crippen molar-refractivity contribution in [1.82, 2.24) is 23.6 Å². The molecule has 2 aromatic heterocycles. The van der Waals surface area contributed by atoms with E-state index >= 15 is 0 Å². The normalized spacial score (nSPS) is 11.3. The summed E-state index contributed by atoms with van der Waals surface area (Å²) in [5.41, 5.74) is 4.45. The number of rotatable bonds is 6. The van der Waals surface area contributed by atoms with Gasteiger partial charge in [-0.3, -0.25) is 4.79 Å². The van der Waals surface area contributed by atoms with Crippen LogP contribution >= 0.6 is 11.7 Å². The van der Waals surface area contributed by atoms with E-state index in [0.717, 1.165) is 27.6 Å². The fraction of sp³-hybridized carbons (Fsp3) is 0.222. The molecule has 0 spiro atoms. The number of hydrogen-bond donors (Lipinski definition) is 2. The molecule has 4 rings (SSSR count). The summed E-state index contributed by atoms with van der Waals surface area (Å²) < 4.78 is 10.3. The number of nitrogens with zero attached hydrogens (tertiary/aromatic N) is 4. The lowest BCUT2D eigenvalue weighted by molar-refractivity contribution is -0.121. The lowest BCUT2D eigenvalue weighted by Crippen LogP contribution is -2.24. The molecule has 7 nitrogen and oxygen atoms in total. The molecule has 0 bridgehead atoms. The Kier molecular flexibility index (Phi) is 4.59. The summed E-state index contributed by atoms with van der Waals surface area (Å²) in [6.07, 6.45) is 0.313. The van der Waals surface area contributed by atoms with Gasteiger partial charge in [0.25, 0.3) is 0 Å². The lowest BCUT2D eigenvalue weighted by Gasteiger charge is -2.09. The summed E-state index contributed by atoms with van der Waals surface area (Å²) in [5.74, 6) is 0.517. The third-order valence-corrected chi connectivity index (χ3v) is 4.80. The molecule has 0 aliphatic rings. The molecule has 0 aliphatic carbocycles. The van der Waals surface area contributed by atoms with Gasteiger partial charge in [-0.1, -0.05) is 18.2 Å². The van der Waals surface area contributed by atoms with Gasteiger partial charge in [0, 0.05) is 19.5 Å². The van der Waals surface area contributed by atoms with Gasteiger partial charge in [-0.15, -0.1) is 0 Å². The summed E-state index contributed by atoms with van der Waals surface area (Å²) in [6.45, 7) is 0.763. The summed E-state index contributed by atoms with van der Waals surface area (Å²) in [5, 5.41) is 12.4. The highest BCUT2D eigenvalue weighted by molar-refractivity contribution is 7.00. The van der Waals surface area contributed by atoms with E-state index < -0.39 is 0 Å². The van der Waals surface area contributed by atoms with Crippen molar-refractivity contribution in [2.24, 2.45) is 0 Å². The quantitative estimate of drug-likeness (QED) is 0.545. The van der Waals surface area contributed by atoms with Crippen molar-refractivity contribution in [3.05, 3.63) is 53.9 Å². The van der Waals surface area contributed by atoms with Gasteiger partial charge in [0.2, 0.25) is 5.91 Å². The number of benzene rings is 2. The van der Waals surface area contributed by atoms with Crippen LogP contribution in [0, 0.1) is 0 Å². The number of aryl methyl sites for hydroxylation is 1. The highest BCUT2D eigenvalue weighted by Gasteiger charge is 2.11. The molecule has 4 aromatic rings. The van der Waals surface area contributed by atoms with E-state index in [1.165, 1.54) is 11.7 Å². The molecule has 0 aliphatic heterocycles. The molecule has 8 heteroatoms. The van der Waals surface area contributed by atoms with Crippen molar-refractivity contribution in [2.75, 3.05) is 0 Å². The maximum atomic E-state index is 12.2. The van der Waals surface area contributed by atoms with Crippen molar-refractivity contribution in [2.45, 2.75) is 26.1 Å². The van der Waals surface area contributed by atoms with E-state index in [-0.39, 0.29) is 12.5 Å². The van der Waals surface area contributed by atoms with Crippen LogP contribution in [0.25, 0.3) is 22.1 Å². The van der Waals surface area contributed by atoms with E-state index in [0.29, 0.717) is 25.3 Å². The van der Waals surface area contributed by atoms with Crippen LogP contribution in [0.2, 0.25) is 0 Å². The summed E-state index contributed by atoms with van der Waals surface area (Å²) in [4.78, 5) is 16.6. The van der Waals surface area contributed by atoms with Crippen LogP contribution < -0.4 is 5.32 Å². The van der Waals surface area contributed by atoms with Gasteiger partial charge in [0.05, 0.1) is 22.8 Å². The third kappa shape index (κ3) is 3.29. The standard InChI is InChI=1S/C18H17N5O2S/c24-11-17-20-14-3-1-2-4-16(14)23(17)8-7-18(25)19-10-12-5-6-13-15(9-12)22-26-21-13/h1-6,9,24H,7-8,10-11H2,(H,19,25). The van der Waals surface area contributed by atoms with Gasteiger partial charge in [0.1, 0.15) is 23.5 Å². The number of aromatic nitrogens is 4. The van der Waals surface area contributed by atoms with Crippen LogP contribution in [-0.4, -0.2) is 29.3 Å². The van der Waals surface area contributed by atoms with Gasteiger partial charge < -0.3 is 15.0 Å². The number of carbonyl (C=O) groups excluding carboxylic acids is 1. The number of fused-ring (bicyclic) bond motifs is 2. The number of aliphatic hydroxyl groups is 1. The maximum Gasteiger partial charge on any atom is 0.222 e. The number of carbonyl (C=O) groups is 1. The molecule has 26 heavy (non-hydrogen) atoms. The van der Waals surface area contributed by atoms with Crippen LogP contribution in [-0.2, 0) is 24.5 Å². The molecule has 0 unspecified atom stereocenters. The predicted molar refractivity (Wildman–Crippen MR) is 99.5 cm³/mol. The van der Waals surface area contributed by atoms with Crippen LogP contribution in [0.15, 0.2) is 42.5 Å². The van der Waals surface area contributed by atoms with E-state index in [2.05, 4.69) is 19.0 Å². The predicted octanol–water partition coefficient (Wildman–Crippen LogP) is 2.24. The molecule has 0 atom stereocenters. The van der Waals surface area contributed by atoms with E-state index in [4.69, 9.17) is 0 Å². The summed E-state index contributed by atoms with van der Waals surface area (Å²) in [7, 11) is 0. The molecule has 2 N–H and O–H groups in total. The number of para-hydroxylation sites is 2. The van der Waals surface area contributed by atoms with Gasteiger partial charge in [-0.2, -0.15) is 8.75 Å². The largest absolute Gasteiger partial charge is 0.388 e. The topological polar surface area (TPSA) is 92.9 Å². The Balaban J connectivity index is 1.39. The van der Waals surface area contributed by atoms with Crippen molar-refractivity contribution >= 4 is 39.7 Å². The number of aliphatic hydroxyl groups excluding tert-OH is 1. The molecule has 2 heterocycles. The highest BCUT2D eigenvalue weighted by Crippen LogP contribution is 2.17. The Labute approximate surface area is 153 Å². The maximum absolute atomic E-state index is 12.2. The Morgan fingerprint density at radius 3 is 2.85 bits per heavy atom. The minimum atomic E-state index is -0.155. The molecule has 0 radical (unpaired) electrons. The van der Waals surface area contributed by atoms with E-state index in [1.54, 1.807) is 0 Å². The minimum Gasteiger partial charge on any atom is -0.388 e. The first-order valence-corrected chi connectivity index (χ1v) is 9.00. The first kappa shape index (κ1) is 16.6. The fourth-order valence-corrected chi connectivity index (χ4v) is 3.45. The lowest BCUT2D eigenvalue weighted by atomic mass is 10.2. The molecule has 0 saturated heterocycles. The second kappa shape index (κ2) is 7.19. The zero-order chi connectivity index (χ0) is 17.9. The van der Waals surface area contributed by atoms with Crippen molar-refractivity contribution in [3.8, 4) is 0 Å². The van der Waals surface area contributed by atoms with Crippen LogP contribution in [0.5, 0.6) is 0 Å². The van der Waals surface area contributed by atoms with Gasteiger partial charge in [-0.25, -0.2) is 4.98 Å². The SMILES string of the molecule is O=C(CCn1c(CO)nc2ccccc21)NCc1ccc2nsnc2c1. The summed E-state index contributed by atoms with van der Waals surface area (Å²) in [6, 6.07) is 13.5. The average Bonchev–Trinajstić information content (AvgIpc) is 3.28. The van der Waals surface area contributed by atoms with Gasteiger partial charge in [0.15, 0.2) is 0 Å². The monoisotopic (exact) mass is 367 g/mol. The highest BCUT2D eigenvalue weighted by atomic mass is 32.1. The first-order valence-electron chi connectivity index (χ1n) is 8.27. The molecule has 2 aromatic carbocycles. The summed E-state index contributed by atoms with van der Waals surface area (Å²) >= 11 is 1.18. The van der Waals surface area contributed by atoms with Crippen LogP contribution in [0.4, 0.5) is 0 Å². The van der Waals surface area contributed by atoms with E-state index in [1.807, 2.05) is 47.0 Å². The molecule has 1 amide bonds. The van der Waals surface area contributed by atoms with Crippen molar-refractivity contribution < 1.29 is 9.90 Å². The number of hydrogen-bond acceptors (Lipinski definition) is 6. The average molecular weight is 367 g/mol. The Hall–Kier alpha value is -2.84. The Bertz CT molecular complexity index is 1070. The van der Waals surface area contributed by atoms with E-state index in [9.17, 15) is 9.90 Å². The zero-order valence-electron chi connectivity index (χ0n) is 13.9. The van der Waals surface area contributed by atoms with Crippen LogP contribution in [0.3, 0.4) is 0 Å². The Morgan fingerprint density at radius 1 is 1.12 bits per heavy atom. The zero-order valence-corrected chi connectivity index (χ0v) is 14.7.